The first kappa shape index (κ1) is 23.9. The summed E-state index contributed by atoms with van der Waals surface area (Å²) in [6, 6.07) is 20.8. The third-order valence-corrected chi connectivity index (χ3v) is 6.67. The number of carbonyl (C=O) groups is 3. The number of nitrogens with zero attached hydrogens (tertiary/aromatic N) is 2. The summed E-state index contributed by atoms with van der Waals surface area (Å²) in [7, 11) is 0. The molecule has 3 aromatic carbocycles. The number of benzene rings is 3. The Morgan fingerprint density at radius 2 is 1.50 bits per heavy atom. The van der Waals surface area contributed by atoms with Crippen LogP contribution in [0.15, 0.2) is 83.5 Å². The van der Waals surface area contributed by atoms with Gasteiger partial charge in [0.15, 0.2) is 0 Å². The Kier molecular flexibility index (Phi) is 6.67. The molecule has 3 amide bonds. The van der Waals surface area contributed by atoms with Crippen LogP contribution in [-0.4, -0.2) is 30.8 Å². The Hall–Kier alpha value is -3.81. The van der Waals surface area contributed by atoms with Crippen molar-refractivity contribution in [3.63, 3.8) is 0 Å². The Bertz CT molecular complexity index is 1380. The van der Waals surface area contributed by atoms with Crippen LogP contribution in [0.2, 0.25) is 5.02 Å². The van der Waals surface area contributed by atoms with Gasteiger partial charge in [0.05, 0.1) is 5.69 Å². The van der Waals surface area contributed by atoms with Crippen molar-refractivity contribution in [1.29, 1.82) is 0 Å². The summed E-state index contributed by atoms with van der Waals surface area (Å²) in [6.45, 7) is 2.10. The van der Waals surface area contributed by atoms with Gasteiger partial charge in [-0.3, -0.25) is 14.4 Å². The van der Waals surface area contributed by atoms with Gasteiger partial charge in [-0.25, -0.2) is 4.90 Å². The molecule has 2 N–H and O–H groups in total. The van der Waals surface area contributed by atoms with Gasteiger partial charge in [0.25, 0.3) is 17.7 Å². The molecule has 0 radical (unpaired) electrons. The van der Waals surface area contributed by atoms with Crippen LogP contribution >= 0.6 is 23.2 Å². The van der Waals surface area contributed by atoms with Crippen molar-refractivity contribution in [1.82, 2.24) is 0 Å². The summed E-state index contributed by atoms with van der Waals surface area (Å²) < 4.78 is 0. The van der Waals surface area contributed by atoms with Crippen molar-refractivity contribution >= 4 is 63.7 Å². The van der Waals surface area contributed by atoms with E-state index in [0.717, 1.165) is 23.7 Å². The number of nitrogens with one attached hydrogen (secondary N) is 2. The summed E-state index contributed by atoms with van der Waals surface area (Å²) in [6.07, 6.45) is 2.40. The Balaban J connectivity index is 1.29. The molecule has 0 saturated carbocycles. The zero-order valence-electron chi connectivity index (χ0n) is 19.1. The van der Waals surface area contributed by atoms with E-state index in [1.807, 2.05) is 24.3 Å². The predicted molar refractivity (Wildman–Crippen MR) is 143 cm³/mol. The van der Waals surface area contributed by atoms with Crippen molar-refractivity contribution in [3.05, 3.63) is 94.1 Å². The molecular weight excluding hydrogens is 499 g/mol. The number of imide groups is 1. The molecule has 1 fully saturated rings. The molecule has 0 bridgehead atoms. The van der Waals surface area contributed by atoms with E-state index in [9.17, 15) is 14.4 Å². The van der Waals surface area contributed by atoms with Crippen LogP contribution in [0, 0.1) is 0 Å². The van der Waals surface area contributed by atoms with E-state index >= 15 is 0 Å². The van der Waals surface area contributed by atoms with Gasteiger partial charge in [0, 0.05) is 40.7 Å². The Labute approximate surface area is 218 Å². The van der Waals surface area contributed by atoms with E-state index in [2.05, 4.69) is 15.5 Å². The molecule has 0 spiro atoms. The minimum Gasteiger partial charge on any atom is -0.372 e. The van der Waals surface area contributed by atoms with Gasteiger partial charge in [-0.2, -0.15) is 0 Å². The van der Waals surface area contributed by atoms with Crippen molar-refractivity contribution in [3.8, 4) is 0 Å². The molecule has 36 heavy (non-hydrogen) atoms. The molecule has 7 nitrogen and oxygen atoms in total. The normalized spacial score (nSPS) is 15.6. The minimum absolute atomic E-state index is 0.0725. The predicted octanol–water partition coefficient (Wildman–Crippen LogP) is 5.63. The number of anilines is 4. The van der Waals surface area contributed by atoms with Crippen molar-refractivity contribution < 1.29 is 14.4 Å². The number of amides is 3. The van der Waals surface area contributed by atoms with Gasteiger partial charge < -0.3 is 15.5 Å². The average Bonchev–Trinajstić information content (AvgIpc) is 3.49. The van der Waals surface area contributed by atoms with E-state index in [1.54, 1.807) is 42.5 Å². The van der Waals surface area contributed by atoms with Crippen LogP contribution in [0.25, 0.3) is 0 Å². The lowest BCUT2D eigenvalue weighted by Gasteiger charge is -2.17. The summed E-state index contributed by atoms with van der Waals surface area (Å²) in [4.78, 5) is 41.8. The van der Waals surface area contributed by atoms with Gasteiger partial charge >= 0.3 is 0 Å². The fourth-order valence-electron chi connectivity index (χ4n) is 4.28. The molecule has 2 aliphatic rings. The first-order valence-corrected chi connectivity index (χ1v) is 12.2. The molecule has 0 atom stereocenters. The lowest BCUT2D eigenvalue weighted by molar-refractivity contribution is -0.120. The largest absolute Gasteiger partial charge is 0.372 e. The number of hydrogen-bond donors (Lipinski definition) is 2. The minimum atomic E-state index is -0.655. The summed E-state index contributed by atoms with van der Waals surface area (Å²) >= 11 is 12.2. The Morgan fingerprint density at radius 3 is 2.22 bits per heavy atom. The zero-order valence-corrected chi connectivity index (χ0v) is 20.6. The van der Waals surface area contributed by atoms with Gasteiger partial charge in [-0.05, 0) is 73.5 Å². The van der Waals surface area contributed by atoms with E-state index in [0.29, 0.717) is 27.6 Å². The highest BCUT2D eigenvalue weighted by Gasteiger charge is 2.39. The van der Waals surface area contributed by atoms with Gasteiger partial charge in [-0.15, -0.1) is 0 Å². The standard InChI is InChI=1S/C27H22Cl2N4O3/c28-18-6-4-8-22(16-18)33-26(35)23(29)24(27(33)36)30-20-7-3-5-17(15-20)25(34)31-19-9-11-21(12-10-19)32-13-1-2-14-32/h3-12,15-16,30H,1-2,13-14H2,(H,31,34). The van der Waals surface area contributed by atoms with Crippen LogP contribution in [0.1, 0.15) is 23.2 Å². The van der Waals surface area contributed by atoms with Crippen LogP contribution < -0.4 is 20.4 Å². The van der Waals surface area contributed by atoms with Crippen LogP contribution in [0.5, 0.6) is 0 Å². The second-order valence-corrected chi connectivity index (χ2v) is 9.33. The molecule has 9 heteroatoms. The SMILES string of the molecule is O=C(Nc1ccc(N2CCCC2)cc1)c1cccc(NC2=C(Cl)C(=O)N(c3cccc(Cl)c3)C2=O)c1. The third-order valence-electron chi connectivity index (χ3n) is 6.08. The van der Waals surface area contributed by atoms with Crippen LogP contribution in [0.3, 0.4) is 0 Å². The smallest absolute Gasteiger partial charge is 0.283 e. The highest BCUT2D eigenvalue weighted by atomic mass is 35.5. The quantitative estimate of drug-likeness (QED) is 0.411. The van der Waals surface area contributed by atoms with Crippen LogP contribution in [0.4, 0.5) is 22.7 Å². The first-order chi connectivity index (χ1) is 17.4. The Morgan fingerprint density at radius 1 is 0.778 bits per heavy atom. The summed E-state index contributed by atoms with van der Waals surface area (Å²) in [5.74, 6) is -1.57. The van der Waals surface area contributed by atoms with Crippen molar-refractivity contribution in [2.24, 2.45) is 0 Å². The molecular formula is C27H22Cl2N4O3. The second kappa shape index (κ2) is 10.0. The van der Waals surface area contributed by atoms with Crippen molar-refractivity contribution in [2.75, 3.05) is 33.5 Å². The third kappa shape index (κ3) is 4.80. The lowest BCUT2D eigenvalue weighted by Crippen LogP contribution is -2.32. The number of rotatable bonds is 6. The molecule has 2 heterocycles. The van der Waals surface area contributed by atoms with Gasteiger partial charge in [-0.1, -0.05) is 35.3 Å². The molecule has 1 saturated heterocycles. The van der Waals surface area contributed by atoms with Gasteiger partial charge in [0.1, 0.15) is 10.7 Å². The second-order valence-electron chi connectivity index (χ2n) is 8.52. The van der Waals surface area contributed by atoms with E-state index in [1.165, 1.54) is 18.9 Å². The number of hydrogen-bond acceptors (Lipinski definition) is 5. The molecule has 3 aromatic rings. The lowest BCUT2D eigenvalue weighted by atomic mass is 10.1. The molecule has 0 unspecified atom stereocenters. The first-order valence-electron chi connectivity index (χ1n) is 11.5. The molecule has 0 aromatic heterocycles. The maximum Gasteiger partial charge on any atom is 0.283 e. The molecule has 2 aliphatic heterocycles. The topological polar surface area (TPSA) is 81.8 Å². The fourth-order valence-corrected chi connectivity index (χ4v) is 4.67. The van der Waals surface area contributed by atoms with E-state index in [-0.39, 0.29) is 16.6 Å². The number of carbonyl (C=O) groups excluding carboxylic acids is 3. The molecule has 0 aliphatic carbocycles. The molecule has 5 rings (SSSR count). The highest BCUT2D eigenvalue weighted by Crippen LogP contribution is 2.31. The monoisotopic (exact) mass is 520 g/mol. The van der Waals surface area contributed by atoms with E-state index < -0.39 is 11.8 Å². The summed E-state index contributed by atoms with van der Waals surface area (Å²) in [5.41, 5.74) is 2.89. The van der Waals surface area contributed by atoms with E-state index in [4.69, 9.17) is 23.2 Å². The summed E-state index contributed by atoms with van der Waals surface area (Å²) in [5, 5.41) is 5.93. The average molecular weight is 521 g/mol. The molecule has 182 valence electrons. The highest BCUT2D eigenvalue weighted by molar-refractivity contribution is 6.53. The zero-order chi connectivity index (χ0) is 25.2. The van der Waals surface area contributed by atoms with Crippen molar-refractivity contribution in [2.45, 2.75) is 12.8 Å². The number of halogens is 2. The maximum atomic E-state index is 13.0. The van der Waals surface area contributed by atoms with Crippen LogP contribution in [-0.2, 0) is 9.59 Å². The maximum absolute atomic E-state index is 13.0. The fraction of sp³-hybridized carbons (Fsp3) is 0.148. The van der Waals surface area contributed by atoms with Gasteiger partial charge in [0.2, 0.25) is 0 Å².